The summed E-state index contributed by atoms with van der Waals surface area (Å²) in [6.07, 6.45) is 2.75. The SMILES string of the molecule is CNN1CC[C@@H]2CCNC[C@H]21. The first-order chi connectivity index (χ1) is 5.42. The zero-order valence-electron chi connectivity index (χ0n) is 7.14. The Labute approximate surface area is 68.1 Å². The van der Waals surface area contributed by atoms with Crippen molar-refractivity contribution in [2.75, 3.05) is 26.7 Å². The summed E-state index contributed by atoms with van der Waals surface area (Å²) in [7, 11) is 2.02. The highest BCUT2D eigenvalue weighted by molar-refractivity contribution is 4.89. The fourth-order valence-corrected chi connectivity index (χ4v) is 2.35. The lowest BCUT2D eigenvalue weighted by Crippen LogP contribution is -2.49. The van der Waals surface area contributed by atoms with Crippen molar-refractivity contribution in [3.8, 4) is 0 Å². The third kappa shape index (κ3) is 1.28. The van der Waals surface area contributed by atoms with Crippen LogP contribution in [0.25, 0.3) is 0 Å². The van der Waals surface area contributed by atoms with Crippen LogP contribution in [0.4, 0.5) is 0 Å². The second-order valence-electron chi connectivity index (χ2n) is 3.53. The molecule has 2 heterocycles. The van der Waals surface area contributed by atoms with E-state index in [0.717, 1.165) is 12.0 Å². The van der Waals surface area contributed by atoms with E-state index in [1.165, 1.54) is 32.5 Å². The molecule has 2 atom stereocenters. The molecule has 0 bridgehead atoms. The molecule has 0 saturated carbocycles. The smallest absolute Gasteiger partial charge is 0.0397 e. The van der Waals surface area contributed by atoms with Gasteiger partial charge in [-0.25, -0.2) is 5.01 Å². The van der Waals surface area contributed by atoms with E-state index in [1.54, 1.807) is 0 Å². The van der Waals surface area contributed by atoms with Gasteiger partial charge in [-0.1, -0.05) is 0 Å². The molecule has 3 heteroatoms. The van der Waals surface area contributed by atoms with Gasteiger partial charge in [0.05, 0.1) is 0 Å². The van der Waals surface area contributed by atoms with Crippen LogP contribution in [0.15, 0.2) is 0 Å². The van der Waals surface area contributed by atoms with E-state index >= 15 is 0 Å². The predicted octanol–water partition coefficient (Wildman–Crippen LogP) is -0.195. The largest absolute Gasteiger partial charge is 0.315 e. The van der Waals surface area contributed by atoms with Crippen molar-refractivity contribution in [3.05, 3.63) is 0 Å². The Bertz CT molecular complexity index is 131. The monoisotopic (exact) mass is 155 g/mol. The first kappa shape index (κ1) is 7.53. The van der Waals surface area contributed by atoms with Crippen LogP contribution in [0, 0.1) is 5.92 Å². The number of piperidine rings is 1. The van der Waals surface area contributed by atoms with Crippen molar-refractivity contribution in [2.45, 2.75) is 18.9 Å². The molecule has 11 heavy (non-hydrogen) atoms. The van der Waals surface area contributed by atoms with Gasteiger partial charge >= 0.3 is 0 Å². The quantitative estimate of drug-likeness (QED) is 0.549. The highest BCUT2D eigenvalue weighted by atomic mass is 15.5. The molecular formula is C8H17N3. The minimum absolute atomic E-state index is 0.758. The summed E-state index contributed by atoms with van der Waals surface area (Å²) in [5.41, 5.74) is 3.26. The molecule has 0 aromatic heterocycles. The number of nitrogens with one attached hydrogen (secondary N) is 2. The molecule has 3 nitrogen and oxygen atoms in total. The Kier molecular flexibility index (Phi) is 2.11. The molecule has 2 N–H and O–H groups in total. The Morgan fingerprint density at radius 1 is 1.45 bits per heavy atom. The number of rotatable bonds is 1. The number of hydrogen-bond acceptors (Lipinski definition) is 3. The molecule has 0 spiro atoms. The van der Waals surface area contributed by atoms with E-state index < -0.39 is 0 Å². The average molecular weight is 155 g/mol. The normalized spacial score (nSPS) is 39.0. The van der Waals surface area contributed by atoms with Crippen LogP contribution in [-0.2, 0) is 0 Å². The van der Waals surface area contributed by atoms with E-state index in [2.05, 4.69) is 15.8 Å². The van der Waals surface area contributed by atoms with Crippen LogP contribution in [0.5, 0.6) is 0 Å². The van der Waals surface area contributed by atoms with Gasteiger partial charge in [0.25, 0.3) is 0 Å². The van der Waals surface area contributed by atoms with Crippen molar-refractivity contribution >= 4 is 0 Å². The van der Waals surface area contributed by atoms with Crippen molar-refractivity contribution in [2.24, 2.45) is 5.92 Å². The van der Waals surface area contributed by atoms with Crippen LogP contribution in [0.3, 0.4) is 0 Å². The zero-order chi connectivity index (χ0) is 7.68. The first-order valence-electron chi connectivity index (χ1n) is 4.56. The van der Waals surface area contributed by atoms with E-state index in [0.29, 0.717) is 0 Å². The molecule has 2 rings (SSSR count). The summed E-state index contributed by atoms with van der Waals surface area (Å²) in [6, 6.07) is 0.758. The van der Waals surface area contributed by atoms with Gasteiger partial charge in [0.2, 0.25) is 0 Å². The van der Waals surface area contributed by atoms with Crippen LogP contribution in [-0.4, -0.2) is 37.7 Å². The third-order valence-electron chi connectivity index (χ3n) is 3.02. The lowest BCUT2D eigenvalue weighted by molar-refractivity contribution is 0.147. The van der Waals surface area contributed by atoms with Crippen molar-refractivity contribution < 1.29 is 0 Å². The third-order valence-corrected chi connectivity index (χ3v) is 3.02. The first-order valence-corrected chi connectivity index (χ1v) is 4.56. The van der Waals surface area contributed by atoms with Crippen LogP contribution >= 0.6 is 0 Å². The van der Waals surface area contributed by atoms with Crippen molar-refractivity contribution in [1.29, 1.82) is 0 Å². The van der Waals surface area contributed by atoms with Crippen molar-refractivity contribution in [1.82, 2.24) is 15.8 Å². The molecule has 64 valence electrons. The summed E-state index contributed by atoms with van der Waals surface area (Å²) >= 11 is 0. The predicted molar refractivity (Wildman–Crippen MR) is 45.1 cm³/mol. The maximum absolute atomic E-state index is 3.44. The fourth-order valence-electron chi connectivity index (χ4n) is 2.35. The van der Waals surface area contributed by atoms with Crippen LogP contribution in [0.1, 0.15) is 12.8 Å². The minimum atomic E-state index is 0.758. The molecular weight excluding hydrogens is 138 g/mol. The second kappa shape index (κ2) is 3.09. The van der Waals surface area contributed by atoms with Gasteiger partial charge in [-0.3, -0.25) is 5.43 Å². The Balaban J connectivity index is 1.98. The lowest BCUT2D eigenvalue weighted by atomic mass is 9.94. The van der Waals surface area contributed by atoms with E-state index in [-0.39, 0.29) is 0 Å². The van der Waals surface area contributed by atoms with Crippen LogP contribution < -0.4 is 10.7 Å². The molecule has 2 aliphatic heterocycles. The molecule has 0 amide bonds. The maximum Gasteiger partial charge on any atom is 0.0397 e. The van der Waals surface area contributed by atoms with Crippen LogP contribution in [0.2, 0.25) is 0 Å². The molecule has 0 aliphatic carbocycles. The van der Waals surface area contributed by atoms with Gasteiger partial charge in [-0.05, 0) is 32.4 Å². The van der Waals surface area contributed by atoms with Gasteiger partial charge < -0.3 is 5.32 Å². The molecule has 0 aromatic carbocycles. The molecule has 2 aliphatic rings. The van der Waals surface area contributed by atoms with Gasteiger partial charge in [-0.15, -0.1) is 0 Å². The summed E-state index contributed by atoms with van der Waals surface area (Å²) < 4.78 is 0. The van der Waals surface area contributed by atoms with E-state index in [9.17, 15) is 0 Å². The lowest BCUT2D eigenvalue weighted by Gasteiger charge is -2.31. The molecule has 0 radical (unpaired) electrons. The van der Waals surface area contributed by atoms with Crippen molar-refractivity contribution in [3.63, 3.8) is 0 Å². The number of nitrogens with zero attached hydrogens (tertiary/aromatic N) is 1. The summed E-state index contributed by atoms with van der Waals surface area (Å²) in [4.78, 5) is 0. The van der Waals surface area contributed by atoms with Gasteiger partial charge in [0.1, 0.15) is 0 Å². The maximum atomic E-state index is 3.44. The topological polar surface area (TPSA) is 27.3 Å². The molecule has 0 unspecified atom stereocenters. The summed E-state index contributed by atoms with van der Waals surface area (Å²) in [6.45, 7) is 3.62. The van der Waals surface area contributed by atoms with E-state index in [4.69, 9.17) is 0 Å². The molecule has 2 saturated heterocycles. The molecule has 0 aromatic rings. The number of fused-ring (bicyclic) bond motifs is 1. The zero-order valence-corrected chi connectivity index (χ0v) is 7.14. The standard InChI is InChI=1S/C8H17N3/c1-9-11-5-3-7-2-4-10-6-8(7)11/h7-10H,2-6H2,1H3/t7-,8+/m0/s1. The number of hydrazine groups is 1. The highest BCUT2D eigenvalue weighted by Crippen LogP contribution is 2.26. The highest BCUT2D eigenvalue weighted by Gasteiger charge is 2.34. The Morgan fingerprint density at radius 3 is 3.18 bits per heavy atom. The molecule has 2 fully saturated rings. The second-order valence-corrected chi connectivity index (χ2v) is 3.53. The van der Waals surface area contributed by atoms with Gasteiger partial charge in [0.15, 0.2) is 0 Å². The number of hydrogen-bond donors (Lipinski definition) is 2. The average Bonchev–Trinajstić information content (AvgIpc) is 2.47. The summed E-state index contributed by atoms with van der Waals surface area (Å²) in [5, 5.41) is 5.81. The van der Waals surface area contributed by atoms with Gasteiger partial charge in [-0.2, -0.15) is 0 Å². The van der Waals surface area contributed by atoms with E-state index in [1.807, 2.05) is 7.05 Å². The minimum Gasteiger partial charge on any atom is -0.315 e. The fraction of sp³-hybridized carbons (Fsp3) is 1.00. The Morgan fingerprint density at radius 2 is 2.36 bits per heavy atom. The Hall–Kier alpha value is -0.120. The summed E-state index contributed by atoms with van der Waals surface area (Å²) in [5.74, 6) is 0.948. The van der Waals surface area contributed by atoms with Gasteiger partial charge in [0, 0.05) is 19.1 Å².